The Morgan fingerprint density at radius 2 is 2.22 bits per heavy atom. The van der Waals surface area contributed by atoms with Crippen LogP contribution in [0.2, 0.25) is 0 Å². The molecule has 2 aromatic heterocycles. The van der Waals surface area contributed by atoms with E-state index in [0.717, 1.165) is 15.7 Å². The van der Waals surface area contributed by atoms with Gasteiger partial charge in [-0.3, -0.25) is 4.79 Å². The van der Waals surface area contributed by atoms with E-state index >= 15 is 0 Å². The fourth-order valence-corrected chi connectivity index (χ4v) is 2.83. The molecule has 0 spiro atoms. The van der Waals surface area contributed by atoms with Crippen LogP contribution in [0, 0.1) is 6.92 Å². The Balaban J connectivity index is 1.72. The molecule has 118 valence electrons. The van der Waals surface area contributed by atoms with Crippen LogP contribution in [0.3, 0.4) is 0 Å². The highest BCUT2D eigenvalue weighted by Crippen LogP contribution is 2.31. The quantitative estimate of drug-likeness (QED) is 0.774. The van der Waals surface area contributed by atoms with E-state index < -0.39 is 0 Å². The lowest BCUT2D eigenvalue weighted by molar-refractivity contribution is -0.115. The summed E-state index contributed by atoms with van der Waals surface area (Å²) in [5, 5.41) is 15.4. The second kappa shape index (κ2) is 6.66. The van der Waals surface area contributed by atoms with Crippen LogP contribution in [-0.2, 0) is 18.3 Å². The minimum Gasteiger partial charge on any atom is -0.361 e. The van der Waals surface area contributed by atoms with Crippen molar-refractivity contribution in [3.8, 4) is 0 Å². The second-order valence-electron chi connectivity index (χ2n) is 4.98. The fraction of sp³-hybridized carbons (Fsp3) is 0.200. The fourth-order valence-electron chi connectivity index (χ4n) is 1.98. The van der Waals surface area contributed by atoms with Gasteiger partial charge in [0, 0.05) is 18.0 Å². The van der Waals surface area contributed by atoms with E-state index in [1.165, 1.54) is 11.8 Å². The summed E-state index contributed by atoms with van der Waals surface area (Å²) >= 11 is 1.44. The number of para-hydroxylation sites is 1. The molecule has 2 heterocycles. The lowest BCUT2D eigenvalue weighted by Crippen LogP contribution is -2.15. The highest BCUT2D eigenvalue weighted by Gasteiger charge is 2.12. The molecule has 7 nitrogen and oxygen atoms in total. The molecule has 8 heteroatoms. The number of aromatic nitrogens is 4. The molecule has 0 fully saturated rings. The van der Waals surface area contributed by atoms with Gasteiger partial charge in [0.15, 0.2) is 5.16 Å². The van der Waals surface area contributed by atoms with Gasteiger partial charge < -0.3 is 14.4 Å². The van der Waals surface area contributed by atoms with Crippen LogP contribution in [0.15, 0.2) is 51.2 Å². The third kappa shape index (κ3) is 3.78. The first kappa shape index (κ1) is 15.3. The average molecular weight is 329 g/mol. The number of nitrogens with zero attached hydrogens (tertiary/aromatic N) is 4. The smallest absolute Gasteiger partial charge is 0.230 e. The summed E-state index contributed by atoms with van der Waals surface area (Å²) in [4.78, 5) is 13.1. The standard InChI is InChI=1S/C15H15N5O2S/c1-10-7-11(19-22-10)8-14(21)17-12-5-3-4-6-13(12)23-15-18-16-9-20(15)2/h3-7,9H,8H2,1-2H3,(H,17,21). The summed E-state index contributed by atoms with van der Waals surface area (Å²) < 4.78 is 6.79. The summed E-state index contributed by atoms with van der Waals surface area (Å²) in [5.41, 5.74) is 1.34. The molecule has 0 saturated carbocycles. The minimum atomic E-state index is -0.149. The topological polar surface area (TPSA) is 85.8 Å². The van der Waals surface area contributed by atoms with Gasteiger partial charge >= 0.3 is 0 Å². The predicted octanol–water partition coefficient (Wildman–Crippen LogP) is 2.44. The first-order chi connectivity index (χ1) is 11.1. The summed E-state index contributed by atoms with van der Waals surface area (Å²) in [5.74, 6) is 0.537. The van der Waals surface area contributed by atoms with Crippen molar-refractivity contribution < 1.29 is 9.32 Å². The van der Waals surface area contributed by atoms with E-state index in [1.807, 2.05) is 35.9 Å². The Morgan fingerprint density at radius 1 is 1.39 bits per heavy atom. The molecular formula is C15H15N5O2S. The van der Waals surface area contributed by atoms with Gasteiger partial charge in [0.25, 0.3) is 0 Å². The maximum absolute atomic E-state index is 12.2. The predicted molar refractivity (Wildman–Crippen MR) is 85.1 cm³/mol. The van der Waals surface area contributed by atoms with Crippen LogP contribution in [0.5, 0.6) is 0 Å². The molecular weight excluding hydrogens is 314 g/mol. The normalized spacial score (nSPS) is 10.7. The van der Waals surface area contributed by atoms with Crippen LogP contribution < -0.4 is 5.32 Å². The van der Waals surface area contributed by atoms with Gasteiger partial charge in [-0.25, -0.2) is 0 Å². The lowest BCUT2D eigenvalue weighted by atomic mass is 10.2. The maximum Gasteiger partial charge on any atom is 0.230 e. The zero-order valence-corrected chi connectivity index (χ0v) is 13.5. The van der Waals surface area contributed by atoms with Crippen molar-refractivity contribution in [1.82, 2.24) is 19.9 Å². The molecule has 0 aliphatic heterocycles. The van der Waals surface area contributed by atoms with E-state index in [1.54, 1.807) is 19.3 Å². The van der Waals surface area contributed by atoms with Crippen LogP contribution >= 0.6 is 11.8 Å². The van der Waals surface area contributed by atoms with E-state index in [2.05, 4.69) is 20.7 Å². The highest BCUT2D eigenvalue weighted by atomic mass is 32.2. The van der Waals surface area contributed by atoms with Crippen LogP contribution in [0.4, 0.5) is 5.69 Å². The van der Waals surface area contributed by atoms with Crippen molar-refractivity contribution in [2.24, 2.45) is 7.05 Å². The Labute approximate surface area is 137 Å². The number of amides is 1. The van der Waals surface area contributed by atoms with Crippen molar-refractivity contribution in [1.29, 1.82) is 0 Å². The van der Waals surface area contributed by atoms with Crippen LogP contribution in [-0.4, -0.2) is 25.8 Å². The van der Waals surface area contributed by atoms with E-state index in [-0.39, 0.29) is 12.3 Å². The number of hydrogen-bond acceptors (Lipinski definition) is 6. The Kier molecular flexibility index (Phi) is 4.42. The highest BCUT2D eigenvalue weighted by molar-refractivity contribution is 7.99. The molecule has 0 aliphatic carbocycles. The zero-order chi connectivity index (χ0) is 16.2. The number of rotatable bonds is 5. The SMILES string of the molecule is Cc1cc(CC(=O)Nc2ccccc2Sc2nncn2C)no1. The molecule has 3 aromatic rings. The zero-order valence-electron chi connectivity index (χ0n) is 12.7. The number of aryl methyl sites for hydroxylation is 2. The van der Waals surface area contributed by atoms with Crippen molar-refractivity contribution >= 4 is 23.4 Å². The molecule has 1 N–H and O–H groups in total. The number of nitrogens with one attached hydrogen (secondary N) is 1. The van der Waals surface area contributed by atoms with E-state index in [4.69, 9.17) is 4.52 Å². The third-order valence-electron chi connectivity index (χ3n) is 3.05. The van der Waals surface area contributed by atoms with Gasteiger partial charge in [0.2, 0.25) is 5.91 Å². The molecule has 0 unspecified atom stereocenters. The van der Waals surface area contributed by atoms with E-state index in [9.17, 15) is 4.79 Å². The lowest BCUT2D eigenvalue weighted by Gasteiger charge is -2.09. The van der Waals surface area contributed by atoms with Crippen LogP contribution in [0.25, 0.3) is 0 Å². The Hall–Kier alpha value is -2.61. The van der Waals surface area contributed by atoms with Crippen molar-refractivity contribution in [3.63, 3.8) is 0 Å². The molecule has 0 bridgehead atoms. The number of carbonyl (C=O) groups is 1. The van der Waals surface area contributed by atoms with Gasteiger partial charge in [0.1, 0.15) is 12.1 Å². The molecule has 0 saturated heterocycles. The molecule has 23 heavy (non-hydrogen) atoms. The molecule has 1 aromatic carbocycles. The number of hydrogen-bond donors (Lipinski definition) is 1. The van der Waals surface area contributed by atoms with Gasteiger partial charge in [0.05, 0.1) is 17.8 Å². The number of carbonyl (C=O) groups excluding carboxylic acids is 1. The molecule has 0 aliphatic rings. The summed E-state index contributed by atoms with van der Waals surface area (Å²) in [6, 6.07) is 9.31. The second-order valence-corrected chi connectivity index (χ2v) is 5.99. The average Bonchev–Trinajstić information content (AvgIpc) is 3.10. The first-order valence-electron chi connectivity index (χ1n) is 6.95. The van der Waals surface area contributed by atoms with Crippen molar-refractivity contribution in [2.45, 2.75) is 23.4 Å². The Morgan fingerprint density at radius 3 is 2.91 bits per heavy atom. The minimum absolute atomic E-state index is 0.149. The van der Waals surface area contributed by atoms with Gasteiger partial charge in [-0.2, -0.15) is 0 Å². The van der Waals surface area contributed by atoms with Gasteiger partial charge in [-0.15, -0.1) is 10.2 Å². The Bertz CT molecular complexity index is 827. The van der Waals surface area contributed by atoms with Crippen molar-refractivity contribution in [3.05, 3.63) is 48.1 Å². The van der Waals surface area contributed by atoms with Crippen molar-refractivity contribution in [2.75, 3.05) is 5.32 Å². The number of anilines is 1. The first-order valence-corrected chi connectivity index (χ1v) is 7.76. The summed E-state index contributed by atoms with van der Waals surface area (Å²) in [7, 11) is 1.87. The number of benzene rings is 1. The molecule has 0 radical (unpaired) electrons. The third-order valence-corrected chi connectivity index (χ3v) is 4.18. The summed E-state index contributed by atoms with van der Waals surface area (Å²) in [6.07, 6.45) is 1.80. The molecule has 1 amide bonds. The monoisotopic (exact) mass is 329 g/mol. The van der Waals surface area contributed by atoms with Gasteiger partial charge in [-0.05, 0) is 30.8 Å². The maximum atomic E-state index is 12.2. The molecule has 0 atom stereocenters. The van der Waals surface area contributed by atoms with Crippen LogP contribution in [0.1, 0.15) is 11.5 Å². The molecule has 3 rings (SSSR count). The van der Waals surface area contributed by atoms with E-state index in [0.29, 0.717) is 11.5 Å². The van der Waals surface area contributed by atoms with Gasteiger partial charge in [-0.1, -0.05) is 17.3 Å². The largest absolute Gasteiger partial charge is 0.361 e. The summed E-state index contributed by atoms with van der Waals surface area (Å²) in [6.45, 7) is 1.79.